The number of fused-ring (bicyclic) bond motifs is 1. The van der Waals surface area contributed by atoms with E-state index in [4.69, 9.17) is 11.6 Å². The van der Waals surface area contributed by atoms with Crippen LogP contribution in [0.4, 0.5) is 5.13 Å². The molecule has 0 aliphatic heterocycles. The summed E-state index contributed by atoms with van der Waals surface area (Å²) in [5, 5.41) is 10.9. The number of rotatable bonds is 4. The molecule has 0 aliphatic carbocycles. The van der Waals surface area contributed by atoms with Crippen LogP contribution in [0.3, 0.4) is 0 Å². The molecule has 9 heteroatoms. The Balaban J connectivity index is 1.46. The summed E-state index contributed by atoms with van der Waals surface area (Å²) >= 11 is 7.26. The fourth-order valence-corrected chi connectivity index (χ4v) is 4.58. The van der Waals surface area contributed by atoms with E-state index in [0.29, 0.717) is 21.5 Å². The third-order valence-corrected chi connectivity index (χ3v) is 6.28. The van der Waals surface area contributed by atoms with Crippen molar-refractivity contribution in [2.75, 3.05) is 5.32 Å². The Kier molecular flexibility index (Phi) is 5.32. The second-order valence-corrected chi connectivity index (χ2v) is 8.84. The van der Waals surface area contributed by atoms with Gasteiger partial charge in [-0.3, -0.25) is 14.9 Å². The molecule has 2 N–H and O–H groups in total. The summed E-state index contributed by atoms with van der Waals surface area (Å²) < 4.78 is 1.54. The molecule has 7 nitrogen and oxygen atoms in total. The minimum Gasteiger partial charge on any atom is -0.358 e. The molecular weight excluding hydrogens is 458 g/mol. The lowest BCUT2D eigenvalue weighted by Gasteiger charge is -2.11. The first-order chi connectivity index (χ1) is 15.9. The van der Waals surface area contributed by atoms with Crippen molar-refractivity contribution < 1.29 is 4.79 Å². The molecule has 0 aliphatic rings. The Morgan fingerprint density at radius 2 is 1.88 bits per heavy atom. The van der Waals surface area contributed by atoms with E-state index in [0.717, 1.165) is 27.9 Å². The fraction of sp³-hybridized carbons (Fsp3) is 0.0833. The SMILES string of the molecule is Cc1[nH]c2ccccc2c1-c1csc(NC(=O)c2nn(-c3ccc(Cl)cc3)c(C)cc2=O)n1. The van der Waals surface area contributed by atoms with Crippen LogP contribution in [-0.2, 0) is 0 Å². The lowest BCUT2D eigenvalue weighted by molar-refractivity contribution is 0.101. The van der Waals surface area contributed by atoms with E-state index in [1.165, 1.54) is 22.1 Å². The number of benzene rings is 2. The summed E-state index contributed by atoms with van der Waals surface area (Å²) in [6, 6.07) is 16.4. The third-order valence-electron chi connectivity index (χ3n) is 5.27. The monoisotopic (exact) mass is 475 g/mol. The molecule has 0 saturated carbocycles. The summed E-state index contributed by atoms with van der Waals surface area (Å²) in [7, 11) is 0. The minimum atomic E-state index is -0.612. The molecule has 0 bridgehead atoms. The highest BCUT2D eigenvalue weighted by molar-refractivity contribution is 7.14. The Hall–Kier alpha value is -3.75. The molecule has 5 rings (SSSR count). The van der Waals surface area contributed by atoms with Gasteiger partial charge >= 0.3 is 0 Å². The van der Waals surface area contributed by atoms with Crippen molar-refractivity contribution >= 4 is 44.9 Å². The van der Waals surface area contributed by atoms with Crippen LogP contribution in [0, 0.1) is 13.8 Å². The first-order valence-electron chi connectivity index (χ1n) is 10.1. The number of carbonyl (C=O) groups excluding carboxylic acids is 1. The highest BCUT2D eigenvalue weighted by Gasteiger charge is 2.19. The standard InChI is InChI=1S/C24H18ClN5O2S/c1-13-11-20(31)22(29-30(13)16-9-7-15(25)8-10-16)23(32)28-24-27-19(12-33-24)21-14(2)26-18-6-4-3-5-17(18)21/h3-12,26H,1-2H3,(H,27,28,32). The van der Waals surface area contributed by atoms with Crippen molar-refractivity contribution in [1.29, 1.82) is 0 Å². The number of aryl methyl sites for hydroxylation is 2. The molecule has 5 aromatic rings. The van der Waals surface area contributed by atoms with Gasteiger partial charge in [-0.25, -0.2) is 9.67 Å². The van der Waals surface area contributed by atoms with Gasteiger partial charge in [-0.1, -0.05) is 29.8 Å². The van der Waals surface area contributed by atoms with Crippen LogP contribution in [0.15, 0.2) is 64.8 Å². The second-order valence-electron chi connectivity index (χ2n) is 7.55. The van der Waals surface area contributed by atoms with Gasteiger partial charge < -0.3 is 4.98 Å². The number of aromatic nitrogens is 4. The van der Waals surface area contributed by atoms with E-state index in [9.17, 15) is 9.59 Å². The van der Waals surface area contributed by atoms with Crippen LogP contribution in [0.2, 0.25) is 5.02 Å². The molecule has 0 unspecified atom stereocenters. The Morgan fingerprint density at radius 1 is 1.12 bits per heavy atom. The molecule has 164 valence electrons. The first kappa shape index (κ1) is 21.1. The number of hydrogen-bond donors (Lipinski definition) is 2. The number of H-pyrrole nitrogens is 1. The van der Waals surface area contributed by atoms with E-state index in [1.54, 1.807) is 31.2 Å². The maximum atomic E-state index is 12.9. The number of hydrogen-bond acceptors (Lipinski definition) is 5. The molecule has 0 saturated heterocycles. The van der Waals surface area contributed by atoms with Gasteiger partial charge in [-0.15, -0.1) is 11.3 Å². The molecule has 1 amide bonds. The largest absolute Gasteiger partial charge is 0.358 e. The number of aromatic amines is 1. The summed E-state index contributed by atoms with van der Waals surface area (Å²) in [6.45, 7) is 3.74. The smallest absolute Gasteiger partial charge is 0.281 e. The van der Waals surface area contributed by atoms with Crippen molar-refractivity contribution in [3.05, 3.63) is 92.3 Å². The predicted molar refractivity (Wildman–Crippen MR) is 132 cm³/mol. The average Bonchev–Trinajstić information content (AvgIpc) is 3.37. The maximum absolute atomic E-state index is 12.9. The van der Waals surface area contributed by atoms with Crippen molar-refractivity contribution in [2.45, 2.75) is 13.8 Å². The highest BCUT2D eigenvalue weighted by atomic mass is 35.5. The van der Waals surface area contributed by atoms with Crippen molar-refractivity contribution in [1.82, 2.24) is 19.7 Å². The Morgan fingerprint density at radius 3 is 2.67 bits per heavy atom. The number of anilines is 1. The van der Waals surface area contributed by atoms with Gasteiger partial charge in [0.15, 0.2) is 10.8 Å². The summed E-state index contributed by atoms with van der Waals surface area (Å²) in [4.78, 5) is 33.4. The van der Waals surface area contributed by atoms with Crippen molar-refractivity contribution in [3.8, 4) is 16.9 Å². The lowest BCUT2D eigenvalue weighted by Crippen LogP contribution is -2.26. The maximum Gasteiger partial charge on any atom is 0.281 e. The van der Waals surface area contributed by atoms with Crippen molar-refractivity contribution in [2.24, 2.45) is 0 Å². The Labute approximate surface area is 197 Å². The zero-order valence-corrected chi connectivity index (χ0v) is 19.3. The van der Waals surface area contributed by atoms with Gasteiger partial charge in [0.2, 0.25) is 5.43 Å². The number of para-hydroxylation sites is 1. The zero-order valence-electron chi connectivity index (χ0n) is 17.7. The quantitative estimate of drug-likeness (QED) is 0.366. The van der Waals surface area contributed by atoms with E-state index in [2.05, 4.69) is 20.4 Å². The molecule has 0 atom stereocenters. The number of halogens is 1. The summed E-state index contributed by atoms with van der Waals surface area (Å²) in [5.41, 5.74) is 4.37. The molecule has 3 aromatic heterocycles. The topological polar surface area (TPSA) is 92.7 Å². The van der Waals surface area contributed by atoms with Crippen LogP contribution in [0.1, 0.15) is 21.9 Å². The van der Waals surface area contributed by atoms with E-state index in [-0.39, 0.29) is 5.69 Å². The number of carbonyl (C=O) groups is 1. The lowest BCUT2D eigenvalue weighted by atomic mass is 10.1. The molecule has 0 fully saturated rings. The zero-order chi connectivity index (χ0) is 23.1. The van der Waals surface area contributed by atoms with Crippen LogP contribution in [-0.4, -0.2) is 25.7 Å². The van der Waals surface area contributed by atoms with Gasteiger partial charge in [0.05, 0.1) is 11.4 Å². The van der Waals surface area contributed by atoms with Crippen molar-refractivity contribution in [3.63, 3.8) is 0 Å². The van der Waals surface area contributed by atoms with Crippen LogP contribution >= 0.6 is 22.9 Å². The van der Waals surface area contributed by atoms with Crippen LogP contribution < -0.4 is 10.7 Å². The van der Waals surface area contributed by atoms with E-state index < -0.39 is 11.3 Å². The number of nitrogens with zero attached hydrogens (tertiary/aromatic N) is 3. The van der Waals surface area contributed by atoms with Gasteiger partial charge in [-0.05, 0) is 44.2 Å². The summed E-state index contributed by atoms with van der Waals surface area (Å²) in [6.07, 6.45) is 0. The number of thiazole rings is 1. The molecular formula is C24H18ClN5O2S. The predicted octanol–water partition coefficient (Wildman–Crippen LogP) is 5.36. The third kappa shape index (κ3) is 3.94. The molecule has 3 heterocycles. The molecule has 0 radical (unpaired) electrons. The average molecular weight is 476 g/mol. The van der Waals surface area contributed by atoms with E-state index in [1.807, 2.05) is 36.6 Å². The Bertz CT molecular complexity index is 1570. The molecule has 2 aromatic carbocycles. The second kappa shape index (κ2) is 8.31. The van der Waals surface area contributed by atoms with Crippen LogP contribution in [0.5, 0.6) is 0 Å². The minimum absolute atomic E-state index is 0.212. The first-order valence-corrected chi connectivity index (χ1v) is 11.4. The van der Waals surface area contributed by atoms with Gasteiger partial charge in [-0.2, -0.15) is 5.10 Å². The number of nitrogens with one attached hydrogen (secondary N) is 2. The summed E-state index contributed by atoms with van der Waals surface area (Å²) in [5.74, 6) is -0.612. The molecule has 0 spiro atoms. The van der Waals surface area contributed by atoms with Gasteiger partial charge in [0.1, 0.15) is 0 Å². The van der Waals surface area contributed by atoms with Crippen LogP contribution in [0.25, 0.3) is 27.8 Å². The fourth-order valence-electron chi connectivity index (χ4n) is 3.76. The normalized spacial score (nSPS) is 11.1. The highest BCUT2D eigenvalue weighted by Crippen LogP contribution is 2.33. The van der Waals surface area contributed by atoms with Gasteiger partial charge in [0.25, 0.3) is 5.91 Å². The van der Waals surface area contributed by atoms with E-state index >= 15 is 0 Å². The van der Waals surface area contributed by atoms with Gasteiger partial charge in [0, 0.05) is 44.3 Å². The number of amides is 1. The molecule has 33 heavy (non-hydrogen) atoms.